The molecule has 0 fully saturated rings. The Hall–Kier alpha value is -2.95. The molecule has 30 heavy (non-hydrogen) atoms. The minimum absolute atomic E-state index is 0.0295. The first-order valence-electron chi connectivity index (χ1n) is 10.5. The number of benzene rings is 2. The van der Waals surface area contributed by atoms with Crippen molar-refractivity contribution in [3.8, 4) is 0 Å². The SMILES string of the molecule is CC(C)[C@H](NC(=O)CCn1ncc(=O)c2ccccc21)c1ccc(C(C)(C)C)cc1. The molecule has 2 aromatic carbocycles. The maximum absolute atomic E-state index is 12.7. The Balaban J connectivity index is 1.71. The average molecular weight is 406 g/mol. The summed E-state index contributed by atoms with van der Waals surface area (Å²) in [4.78, 5) is 24.7. The van der Waals surface area contributed by atoms with Gasteiger partial charge in [0.05, 0.1) is 24.3 Å². The van der Waals surface area contributed by atoms with Crippen LogP contribution in [0.1, 0.15) is 58.2 Å². The van der Waals surface area contributed by atoms with E-state index in [9.17, 15) is 9.59 Å². The number of carbonyl (C=O) groups is 1. The molecule has 0 saturated heterocycles. The molecule has 158 valence electrons. The molecular formula is C25H31N3O2. The van der Waals surface area contributed by atoms with Gasteiger partial charge in [-0.2, -0.15) is 5.10 Å². The Labute approximate surface area is 178 Å². The molecule has 3 aromatic rings. The third-order valence-corrected chi connectivity index (χ3v) is 5.43. The molecule has 1 N–H and O–H groups in total. The normalized spacial score (nSPS) is 12.9. The minimum atomic E-state index is -0.107. The van der Waals surface area contributed by atoms with Crippen LogP contribution in [0.3, 0.4) is 0 Å². The van der Waals surface area contributed by atoms with Gasteiger partial charge >= 0.3 is 0 Å². The molecule has 5 heteroatoms. The molecule has 0 aliphatic carbocycles. The summed E-state index contributed by atoms with van der Waals surface area (Å²) in [6, 6.07) is 15.8. The monoisotopic (exact) mass is 405 g/mol. The molecule has 1 heterocycles. The highest BCUT2D eigenvalue weighted by atomic mass is 16.1. The molecule has 3 rings (SSSR count). The summed E-state index contributed by atoms with van der Waals surface area (Å²) >= 11 is 0. The zero-order chi connectivity index (χ0) is 21.9. The minimum Gasteiger partial charge on any atom is -0.349 e. The first-order valence-corrected chi connectivity index (χ1v) is 10.5. The predicted molar refractivity (Wildman–Crippen MR) is 121 cm³/mol. The van der Waals surface area contributed by atoms with Gasteiger partial charge in [0.15, 0.2) is 0 Å². The summed E-state index contributed by atoms with van der Waals surface area (Å²) in [6.07, 6.45) is 1.61. The van der Waals surface area contributed by atoms with Gasteiger partial charge in [-0.3, -0.25) is 14.3 Å². The molecule has 0 spiro atoms. The first-order chi connectivity index (χ1) is 14.2. The van der Waals surface area contributed by atoms with Crippen LogP contribution in [0, 0.1) is 5.92 Å². The molecule has 0 aliphatic heterocycles. The van der Waals surface area contributed by atoms with E-state index >= 15 is 0 Å². The summed E-state index contributed by atoms with van der Waals surface area (Å²) in [6.45, 7) is 11.2. The molecular weight excluding hydrogens is 374 g/mol. The number of rotatable bonds is 6. The van der Waals surface area contributed by atoms with Crippen molar-refractivity contribution in [3.05, 3.63) is 76.1 Å². The van der Waals surface area contributed by atoms with Crippen LogP contribution in [0.2, 0.25) is 0 Å². The molecule has 0 bridgehead atoms. The molecule has 1 atom stereocenters. The van der Waals surface area contributed by atoms with E-state index in [0.717, 1.165) is 11.1 Å². The van der Waals surface area contributed by atoms with Crippen LogP contribution in [0.4, 0.5) is 0 Å². The van der Waals surface area contributed by atoms with Crippen molar-refractivity contribution < 1.29 is 4.79 Å². The van der Waals surface area contributed by atoms with Crippen molar-refractivity contribution in [2.24, 2.45) is 5.92 Å². The second-order valence-corrected chi connectivity index (χ2v) is 9.16. The number of para-hydroxylation sites is 1. The second kappa shape index (κ2) is 8.82. The summed E-state index contributed by atoms with van der Waals surface area (Å²) in [7, 11) is 0. The lowest BCUT2D eigenvalue weighted by Crippen LogP contribution is -2.32. The fraction of sp³-hybridized carbons (Fsp3) is 0.400. The van der Waals surface area contributed by atoms with E-state index in [-0.39, 0.29) is 28.7 Å². The van der Waals surface area contributed by atoms with Crippen molar-refractivity contribution in [1.82, 2.24) is 15.1 Å². The number of fused-ring (bicyclic) bond motifs is 1. The number of amides is 1. The van der Waals surface area contributed by atoms with Gasteiger partial charge in [0.25, 0.3) is 0 Å². The van der Waals surface area contributed by atoms with Gasteiger partial charge in [0, 0.05) is 11.8 Å². The van der Waals surface area contributed by atoms with Crippen LogP contribution in [0.5, 0.6) is 0 Å². The lowest BCUT2D eigenvalue weighted by Gasteiger charge is -2.25. The molecule has 0 saturated carbocycles. The highest BCUT2D eigenvalue weighted by Crippen LogP contribution is 2.27. The van der Waals surface area contributed by atoms with E-state index in [1.54, 1.807) is 10.7 Å². The van der Waals surface area contributed by atoms with Crippen LogP contribution >= 0.6 is 0 Å². The van der Waals surface area contributed by atoms with Gasteiger partial charge in [-0.15, -0.1) is 0 Å². The highest BCUT2D eigenvalue weighted by Gasteiger charge is 2.20. The number of hydrogen-bond acceptors (Lipinski definition) is 3. The molecule has 5 nitrogen and oxygen atoms in total. The van der Waals surface area contributed by atoms with Gasteiger partial charge in [-0.05, 0) is 34.6 Å². The molecule has 1 amide bonds. The Morgan fingerprint density at radius 3 is 2.37 bits per heavy atom. The molecule has 1 aromatic heterocycles. The number of nitrogens with one attached hydrogen (secondary N) is 1. The quantitative estimate of drug-likeness (QED) is 0.652. The predicted octanol–water partition coefficient (Wildman–Crippen LogP) is 4.60. The summed E-state index contributed by atoms with van der Waals surface area (Å²) < 4.78 is 1.72. The fourth-order valence-corrected chi connectivity index (χ4v) is 3.62. The van der Waals surface area contributed by atoms with Gasteiger partial charge in [0.2, 0.25) is 11.3 Å². The summed E-state index contributed by atoms with van der Waals surface area (Å²) in [5.74, 6) is 0.235. The van der Waals surface area contributed by atoms with Crippen molar-refractivity contribution in [3.63, 3.8) is 0 Å². The smallest absolute Gasteiger partial charge is 0.222 e. The van der Waals surface area contributed by atoms with Crippen molar-refractivity contribution in [1.29, 1.82) is 0 Å². The molecule has 0 unspecified atom stereocenters. The van der Waals surface area contributed by atoms with Gasteiger partial charge in [-0.1, -0.05) is 71.0 Å². The number of hydrogen-bond donors (Lipinski definition) is 1. The van der Waals surface area contributed by atoms with E-state index in [0.29, 0.717) is 18.4 Å². The lowest BCUT2D eigenvalue weighted by atomic mass is 9.85. The number of carbonyl (C=O) groups excluding carboxylic acids is 1. The van der Waals surface area contributed by atoms with Crippen LogP contribution < -0.4 is 10.7 Å². The van der Waals surface area contributed by atoms with Crippen LogP contribution in [0.15, 0.2) is 59.5 Å². The number of aromatic nitrogens is 2. The summed E-state index contributed by atoms with van der Waals surface area (Å²) in [5, 5.41) is 8.00. The molecule has 0 aliphatic rings. The Bertz CT molecular complexity index is 1080. The van der Waals surface area contributed by atoms with E-state index < -0.39 is 0 Å². The standard InChI is InChI=1S/C25H31N3O2/c1-17(2)24(18-10-12-19(13-11-18)25(3,4)5)27-23(30)14-15-28-21-9-7-6-8-20(21)22(29)16-26-28/h6-13,16-17,24H,14-15H2,1-5H3,(H,27,30)/t24-/m0/s1. The topological polar surface area (TPSA) is 64.0 Å². The van der Waals surface area contributed by atoms with E-state index in [1.807, 2.05) is 18.2 Å². The van der Waals surface area contributed by atoms with Crippen LogP contribution in [0.25, 0.3) is 10.9 Å². The Morgan fingerprint density at radius 2 is 1.73 bits per heavy atom. The number of nitrogens with zero attached hydrogens (tertiary/aromatic N) is 2. The zero-order valence-corrected chi connectivity index (χ0v) is 18.5. The summed E-state index contributed by atoms with van der Waals surface area (Å²) in [5.41, 5.74) is 3.12. The lowest BCUT2D eigenvalue weighted by molar-refractivity contribution is -0.122. The largest absolute Gasteiger partial charge is 0.349 e. The van der Waals surface area contributed by atoms with Crippen LogP contribution in [-0.2, 0) is 16.8 Å². The van der Waals surface area contributed by atoms with Gasteiger partial charge < -0.3 is 5.32 Å². The van der Waals surface area contributed by atoms with E-state index in [2.05, 4.69) is 69.3 Å². The maximum atomic E-state index is 12.7. The van der Waals surface area contributed by atoms with Gasteiger partial charge in [0.1, 0.15) is 0 Å². The van der Waals surface area contributed by atoms with E-state index in [4.69, 9.17) is 0 Å². The average Bonchev–Trinajstić information content (AvgIpc) is 2.71. The third kappa shape index (κ3) is 4.96. The first kappa shape index (κ1) is 21.8. The van der Waals surface area contributed by atoms with Crippen LogP contribution in [-0.4, -0.2) is 15.7 Å². The van der Waals surface area contributed by atoms with Crippen molar-refractivity contribution >= 4 is 16.8 Å². The highest BCUT2D eigenvalue weighted by molar-refractivity contribution is 5.79. The maximum Gasteiger partial charge on any atom is 0.222 e. The third-order valence-electron chi connectivity index (χ3n) is 5.43. The Kier molecular flexibility index (Phi) is 6.40. The zero-order valence-electron chi connectivity index (χ0n) is 18.5. The van der Waals surface area contributed by atoms with E-state index in [1.165, 1.54) is 11.8 Å². The van der Waals surface area contributed by atoms with Crippen molar-refractivity contribution in [2.45, 2.75) is 59.0 Å². The molecule has 0 radical (unpaired) electrons. The second-order valence-electron chi connectivity index (χ2n) is 9.16. The fourth-order valence-electron chi connectivity index (χ4n) is 3.62. The van der Waals surface area contributed by atoms with Crippen molar-refractivity contribution in [2.75, 3.05) is 0 Å². The van der Waals surface area contributed by atoms with Gasteiger partial charge in [-0.25, -0.2) is 0 Å². The Morgan fingerprint density at radius 1 is 1.07 bits per heavy atom. The number of aryl methyl sites for hydroxylation is 1.